The van der Waals surface area contributed by atoms with E-state index in [9.17, 15) is 0 Å². The third kappa shape index (κ3) is 3.70. The van der Waals surface area contributed by atoms with Crippen molar-refractivity contribution in [2.45, 2.75) is 93.8 Å². The molecule has 0 saturated carbocycles. The summed E-state index contributed by atoms with van der Waals surface area (Å²) in [6, 6.07) is 0. The Morgan fingerprint density at radius 1 is 0.878 bits per heavy atom. The fourth-order valence-electron chi connectivity index (χ4n) is 8.42. The fourth-order valence-corrected chi connectivity index (χ4v) is 8.42. The highest BCUT2D eigenvalue weighted by atomic mass is 16.5. The Hall–Kier alpha value is -2.65. The van der Waals surface area contributed by atoms with Crippen molar-refractivity contribution in [1.29, 1.82) is 0 Å². The highest BCUT2D eigenvalue weighted by molar-refractivity contribution is 6.06. The molecule has 0 bridgehead atoms. The van der Waals surface area contributed by atoms with Crippen molar-refractivity contribution in [3.63, 3.8) is 0 Å². The standard InChI is InChI=1S/C38H49N2O/c1-10-37(8)17-11-27-29(13-18-37)39-21-15-31-25(33(39)35(27,4)5)23-26-32(41-31)16-22-40-30-14-20-38(9,24(2)3)19-12-28(30)36(6,7)34(26)40/h11-14,17-20,23-24,31-32H,10,15-16,21-22H2,1-9H3/q+1. The van der Waals surface area contributed by atoms with Crippen molar-refractivity contribution >= 4 is 5.71 Å². The van der Waals surface area contributed by atoms with Crippen LogP contribution in [0.15, 0.2) is 94.1 Å². The molecular weight excluding hydrogens is 500 g/mol. The molecule has 0 saturated heterocycles. The summed E-state index contributed by atoms with van der Waals surface area (Å²) in [4.78, 5) is 2.63. The highest BCUT2D eigenvalue weighted by Gasteiger charge is 2.55. The minimum absolute atomic E-state index is 0.0666. The second kappa shape index (κ2) is 8.69. The van der Waals surface area contributed by atoms with Gasteiger partial charge in [0.25, 0.3) is 0 Å². The molecular formula is C38H49N2O+. The third-order valence-corrected chi connectivity index (χ3v) is 11.8. The number of allylic oxidation sites excluding steroid dienone is 10. The van der Waals surface area contributed by atoms with E-state index in [1.54, 1.807) is 0 Å². The summed E-state index contributed by atoms with van der Waals surface area (Å²) in [5.74, 6) is 0.556. The molecule has 3 nitrogen and oxygen atoms in total. The maximum Gasteiger partial charge on any atom is 0.209 e. The normalized spacial score (nSPS) is 36.1. The minimum atomic E-state index is -0.0740. The Bertz CT molecular complexity index is 1510. The molecule has 7 rings (SSSR count). The van der Waals surface area contributed by atoms with Crippen LogP contribution in [-0.2, 0) is 4.74 Å². The second-order valence-electron chi connectivity index (χ2n) is 15.3. The van der Waals surface area contributed by atoms with Crippen molar-refractivity contribution < 1.29 is 9.31 Å². The van der Waals surface area contributed by atoms with Crippen LogP contribution in [0.2, 0.25) is 0 Å². The maximum atomic E-state index is 7.06. The Morgan fingerprint density at radius 3 is 2.32 bits per heavy atom. The van der Waals surface area contributed by atoms with Crippen molar-refractivity contribution in [3.05, 3.63) is 94.1 Å². The Balaban J connectivity index is 1.35. The Labute approximate surface area is 248 Å². The van der Waals surface area contributed by atoms with Crippen LogP contribution in [-0.4, -0.2) is 40.5 Å². The van der Waals surface area contributed by atoms with Gasteiger partial charge in [0, 0.05) is 63.4 Å². The quantitative estimate of drug-likeness (QED) is 0.321. The molecule has 2 aliphatic carbocycles. The van der Waals surface area contributed by atoms with E-state index in [0.29, 0.717) is 5.92 Å². The van der Waals surface area contributed by atoms with E-state index >= 15 is 0 Å². The van der Waals surface area contributed by atoms with Gasteiger partial charge in [-0.05, 0) is 50.3 Å². The molecule has 3 heteroatoms. The van der Waals surface area contributed by atoms with Crippen LogP contribution in [0.4, 0.5) is 0 Å². The summed E-state index contributed by atoms with van der Waals surface area (Å²) < 4.78 is 9.68. The molecule has 216 valence electrons. The van der Waals surface area contributed by atoms with E-state index in [1.807, 2.05) is 0 Å². The SMILES string of the molecule is CCC1(C)C=CC2=C(C=C1)C(C)(C)C1=[N+]2CCC2OC3CCN4C5=C(C=CC(C)(C(C)C)C=C5)C(C)(C)C4=C3C=C12. The van der Waals surface area contributed by atoms with Crippen molar-refractivity contribution in [2.24, 2.45) is 27.6 Å². The molecule has 0 aromatic heterocycles. The number of rotatable bonds is 2. The van der Waals surface area contributed by atoms with Gasteiger partial charge in [0.1, 0.15) is 0 Å². The van der Waals surface area contributed by atoms with Gasteiger partial charge in [-0.3, -0.25) is 0 Å². The van der Waals surface area contributed by atoms with Crippen LogP contribution in [0, 0.1) is 27.6 Å². The van der Waals surface area contributed by atoms with Gasteiger partial charge in [-0.25, -0.2) is 0 Å². The first kappa shape index (κ1) is 27.2. The van der Waals surface area contributed by atoms with Crippen LogP contribution >= 0.6 is 0 Å². The van der Waals surface area contributed by atoms with E-state index in [0.717, 1.165) is 32.4 Å². The number of hydrogen-bond acceptors (Lipinski definition) is 2. The van der Waals surface area contributed by atoms with Crippen LogP contribution in [0.1, 0.15) is 81.6 Å². The number of fused-ring (bicyclic) bond motifs is 6. The van der Waals surface area contributed by atoms with Crippen LogP contribution in [0.5, 0.6) is 0 Å². The largest absolute Gasteiger partial charge is 0.365 e. The molecule has 0 aromatic carbocycles. The van der Waals surface area contributed by atoms with E-state index in [1.165, 1.54) is 45.1 Å². The smallest absolute Gasteiger partial charge is 0.209 e. The molecule has 7 aliphatic rings. The monoisotopic (exact) mass is 549 g/mol. The van der Waals surface area contributed by atoms with Crippen LogP contribution < -0.4 is 0 Å². The molecule has 5 heterocycles. The van der Waals surface area contributed by atoms with E-state index in [-0.39, 0.29) is 33.9 Å². The second-order valence-corrected chi connectivity index (χ2v) is 15.3. The van der Waals surface area contributed by atoms with Crippen molar-refractivity contribution in [3.8, 4) is 0 Å². The Morgan fingerprint density at radius 2 is 1.59 bits per heavy atom. The first-order valence-electron chi connectivity index (χ1n) is 16.1. The van der Waals surface area contributed by atoms with Crippen LogP contribution in [0.3, 0.4) is 0 Å². The summed E-state index contributed by atoms with van der Waals surface area (Å²) in [5, 5.41) is 0. The van der Waals surface area contributed by atoms with Crippen molar-refractivity contribution in [1.82, 2.24) is 4.90 Å². The molecule has 5 aliphatic heterocycles. The van der Waals surface area contributed by atoms with Crippen molar-refractivity contribution in [2.75, 3.05) is 13.1 Å². The predicted octanol–water partition coefficient (Wildman–Crippen LogP) is 8.42. The van der Waals surface area contributed by atoms with Gasteiger partial charge >= 0.3 is 0 Å². The van der Waals surface area contributed by atoms with Gasteiger partial charge in [0.15, 0.2) is 12.3 Å². The molecule has 0 fully saturated rings. The van der Waals surface area contributed by atoms with E-state index in [2.05, 4.69) is 126 Å². The summed E-state index contributed by atoms with van der Waals surface area (Å²) in [5.41, 5.74) is 11.5. The zero-order valence-corrected chi connectivity index (χ0v) is 26.8. The lowest BCUT2D eigenvalue weighted by Crippen LogP contribution is -2.47. The van der Waals surface area contributed by atoms with E-state index < -0.39 is 0 Å². The predicted molar refractivity (Wildman–Crippen MR) is 169 cm³/mol. The van der Waals surface area contributed by atoms with Gasteiger partial charge in [0.05, 0.1) is 17.6 Å². The number of nitrogens with zero attached hydrogens (tertiary/aromatic N) is 2. The number of ether oxygens (including phenoxy) is 1. The number of hydrogen-bond donors (Lipinski definition) is 0. The molecule has 0 spiro atoms. The fraction of sp³-hybridized carbons (Fsp3) is 0.553. The molecule has 4 atom stereocenters. The van der Waals surface area contributed by atoms with Gasteiger partial charge in [-0.1, -0.05) is 84.9 Å². The summed E-state index contributed by atoms with van der Waals surface area (Å²) >= 11 is 0. The zero-order valence-electron chi connectivity index (χ0n) is 26.8. The first-order chi connectivity index (χ1) is 19.3. The summed E-state index contributed by atoms with van der Waals surface area (Å²) in [6.45, 7) is 23.4. The average Bonchev–Trinajstić information content (AvgIpc) is 3.09. The molecule has 4 unspecified atom stereocenters. The summed E-state index contributed by atoms with van der Waals surface area (Å²) in [6.07, 6.45) is 25.6. The average molecular weight is 550 g/mol. The first-order valence-corrected chi connectivity index (χ1v) is 16.1. The summed E-state index contributed by atoms with van der Waals surface area (Å²) in [7, 11) is 0. The lowest BCUT2D eigenvalue weighted by Gasteiger charge is -2.43. The van der Waals surface area contributed by atoms with Gasteiger partial charge in [-0.2, -0.15) is 4.58 Å². The van der Waals surface area contributed by atoms with Gasteiger partial charge in [0.2, 0.25) is 5.70 Å². The topological polar surface area (TPSA) is 15.5 Å². The molecule has 0 radical (unpaired) electrons. The van der Waals surface area contributed by atoms with Gasteiger partial charge < -0.3 is 9.64 Å². The highest BCUT2D eigenvalue weighted by Crippen LogP contribution is 2.55. The lowest BCUT2D eigenvalue weighted by molar-refractivity contribution is -0.476. The maximum absolute atomic E-state index is 7.06. The molecule has 41 heavy (non-hydrogen) atoms. The lowest BCUT2D eigenvalue weighted by atomic mass is 9.72. The Kier molecular flexibility index (Phi) is 5.77. The van der Waals surface area contributed by atoms with Crippen LogP contribution in [0.25, 0.3) is 0 Å². The van der Waals surface area contributed by atoms with E-state index in [4.69, 9.17) is 4.74 Å². The minimum Gasteiger partial charge on any atom is -0.365 e. The third-order valence-electron chi connectivity index (χ3n) is 11.8. The van der Waals surface area contributed by atoms with Gasteiger partial charge in [-0.15, -0.1) is 0 Å². The molecule has 0 amide bonds. The molecule has 0 N–H and O–H groups in total. The zero-order chi connectivity index (χ0) is 29.1. The molecule has 0 aromatic rings.